The van der Waals surface area contributed by atoms with E-state index in [1.54, 1.807) is 67.8 Å². The molecule has 0 spiro atoms. The fourth-order valence-electron chi connectivity index (χ4n) is 4.64. The quantitative estimate of drug-likeness (QED) is 0.491. The number of carbonyl (C=O) groups is 1. The lowest BCUT2D eigenvalue weighted by atomic mass is 9.88. The summed E-state index contributed by atoms with van der Waals surface area (Å²) in [5.74, 6) is -1.04. The molecule has 0 aromatic heterocycles. The molecule has 3 aromatic rings. The van der Waals surface area contributed by atoms with Gasteiger partial charge in [0, 0.05) is 5.56 Å². The van der Waals surface area contributed by atoms with Gasteiger partial charge in [-0.05, 0) is 47.5 Å². The van der Waals surface area contributed by atoms with E-state index in [0.29, 0.717) is 22.6 Å². The Bertz CT molecular complexity index is 1640. The van der Waals surface area contributed by atoms with Gasteiger partial charge in [0.1, 0.15) is 22.3 Å². The van der Waals surface area contributed by atoms with Crippen LogP contribution >= 0.6 is 0 Å². The maximum Gasteiger partial charge on any atom is 0.337 e. The summed E-state index contributed by atoms with van der Waals surface area (Å²) in [6.45, 7) is 0.0369. The highest BCUT2D eigenvalue weighted by molar-refractivity contribution is 7.96. The van der Waals surface area contributed by atoms with Crippen molar-refractivity contribution in [3.63, 3.8) is 0 Å². The van der Waals surface area contributed by atoms with Crippen LogP contribution in [0.4, 0.5) is 5.69 Å². The second-order valence-corrected chi connectivity index (χ2v) is 10.4. The van der Waals surface area contributed by atoms with Gasteiger partial charge in [0.05, 0.1) is 37.9 Å². The fraction of sp³-hybridized carbons (Fsp3) is 0.143. The molecule has 0 bridgehead atoms. The molecule has 3 aromatic carbocycles. The van der Waals surface area contributed by atoms with Crippen molar-refractivity contribution in [2.75, 3.05) is 18.5 Å². The van der Waals surface area contributed by atoms with Crippen LogP contribution in [0, 0.1) is 11.3 Å². The lowest BCUT2D eigenvalue weighted by Gasteiger charge is -2.38. The Morgan fingerprint density at radius 2 is 1.74 bits per heavy atom. The van der Waals surface area contributed by atoms with Crippen LogP contribution in [0.3, 0.4) is 0 Å². The second kappa shape index (κ2) is 9.61. The van der Waals surface area contributed by atoms with Crippen LogP contribution in [0.2, 0.25) is 0 Å². The number of nitriles is 1. The summed E-state index contributed by atoms with van der Waals surface area (Å²) in [7, 11) is -1.40. The summed E-state index contributed by atoms with van der Waals surface area (Å²) in [6.07, 6.45) is 0. The van der Waals surface area contributed by atoms with Crippen molar-refractivity contribution in [3.05, 3.63) is 111 Å². The second-order valence-electron chi connectivity index (χ2n) is 8.61. The van der Waals surface area contributed by atoms with E-state index in [2.05, 4.69) is 0 Å². The monoisotopic (exact) mass is 529 g/mol. The van der Waals surface area contributed by atoms with Gasteiger partial charge in [-0.15, -0.1) is 0 Å². The van der Waals surface area contributed by atoms with Gasteiger partial charge in [-0.1, -0.05) is 36.4 Å². The first-order chi connectivity index (χ1) is 18.3. The molecule has 5 rings (SSSR count). The van der Waals surface area contributed by atoms with Gasteiger partial charge in [0.25, 0.3) is 10.0 Å². The van der Waals surface area contributed by atoms with E-state index >= 15 is 0 Å². The van der Waals surface area contributed by atoms with E-state index in [9.17, 15) is 18.5 Å². The molecule has 192 valence electrons. The minimum absolute atomic E-state index is 0.0369. The van der Waals surface area contributed by atoms with Crippen LogP contribution in [0.15, 0.2) is 89.2 Å². The van der Waals surface area contributed by atoms with Crippen molar-refractivity contribution >= 4 is 27.4 Å². The molecule has 9 nitrogen and oxygen atoms in total. The van der Waals surface area contributed by atoms with E-state index in [0.717, 1.165) is 5.56 Å². The Morgan fingerprint density at radius 1 is 1.05 bits per heavy atom. The number of hydrogen-bond acceptors (Lipinski definition) is 8. The number of methoxy groups -OCH3 is 2. The third-order valence-electron chi connectivity index (χ3n) is 6.51. The van der Waals surface area contributed by atoms with Gasteiger partial charge < -0.3 is 19.9 Å². The number of hydrogen-bond donors (Lipinski definition) is 1. The van der Waals surface area contributed by atoms with Gasteiger partial charge in [0.15, 0.2) is 5.76 Å². The molecule has 2 heterocycles. The van der Waals surface area contributed by atoms with Gasteiger partial charge in [-0.25, -0.2) is 13.2 Å². The number of esters is 1. The van der Waals surface area contributed by atoms with Crippen molar-refractivity contribution in [2.45, 2.75) is 12.5 Å². The van der Waals surface area contributed by atoms with E-state index < -0.39 is 21.9 Å². The molecule has 0 radical (unpaired) electrons. The fourth-order valence-corrected chi connectivity index (χ4v) is 6.55. The zero-order valence-corrected chi connectivity index (χ0v) is 21.4. The Hall–Kier alpha value is -4.75. The number of nitrogens with zero attached hydrogens (tertiary/aromatic N) is 2. The molecule has 0 amide bonds. The minimum atomic E-state index is -4.22. The number of anilines is 1. The van der Waals surface area contributed by atoms with E-state index in [1.807, 2.05) is 6.07 Å². The Balaban J connectivity index is 1.69. The maximum absolute atomic E-state index is 14.3. The zero-order valence-electron chi connectivity index (χ0n) is 20.5. The van der Waals surface area contributed by atoms with E-state index in [1.165, 1.54) is 23.5 Å². The van der Waals surface area contributed by atoms with Crippen molar-refractivity contribution < 1.29 is 27.4 Å². The Morgan fingerprint density at radius 3 is 2.37 bits per heavy atom. The minimum Gasteiger partial charge on any atom is -0.497 e. The average molecular weight is 530 g/mol. The number of nitrogens with two attached hydrogens (primary N) is 1. The normalized spacial score (nSPS) is 17.6. The molecule has 0 saturated heterocycles. The number of carbonyl (C=O) groups excluding carboxylic acids is 1. The first-order valence-corrected chi connectivity index (χ1v) is 13.0. The zero-order chi connectivity index (χ0) is 27.0. The number of ether oxygens (including phenoxy) is 3. The molecule has 0 unspecified atom stereocenters. The summed E-state index contributed by atoms with van der Waals surface area (Å²) < 4.78 is 45.8. The number of allylic oxidation sites excluding steroid dienone is 2. The van der Waals surface area contributed by atoms with Crippen molar-refractivity contribution in [1.82, 2.24) is 0 Å². The van der Waals surface area contributed by atoms with Crippen molar-refractivity contribution in [2.24, 2.45) is 5.73 Å². The highest BCUT2D eigenvalue weighted by atomic mass is 32.2. The summed E-state index contributed by atoms with van der Waals surface area (Å²) in [5.41, 5.74) is 8.55. The largest absolute Gasteiger partial charge is 0.497 e. The molecule has 38 heavy (non-hydrogen) atoms. The van der Waals surface area contributed by atoms with Crippen molar-refractivity contribution in [1.29, 1.82) is 5.26 Å². The Kier molecular flexibility index (Phi) is 6.30. The summed E-state index contributed by atoms with van der Waals surface area (Å²) >= 11 is 0. The third kappa shape index (κ3) is 4.03. The van der Waals surface area contributed by atoms with Crippen molar-refractivity contribution in [3.8, 4) is 11.8 Å². The summed E-state index contributed by atoms with van der Waals surface area (Å²) in [6, 6.07) is 22.3. The smallest absolute Gasteiger partial charge is 0.337 e. The molecule has 1 atom stereocenters. The molecular formula is C28H23N3O6S. The first-order valence-electron chi connectivity index (χ1n) is 11.5. The number of rotatable bonds is 5. The standard InChI is InChI=1S/C28H23N3O6S/c1-35-20-13-7-17(8-14-20)16-31-23-6-4-3-5-21(23)25-26(38(31,33)34)24(22(15-29)27(30)37-25)18-9-11-19(12-10-18)28(32)36-2/h3-14,24H,16,30H2,1-2H3/t24-/m0/s1. The third-order valence-corrected chi connectivity index (χ3v) is 8.39. The highest BCUT2D eigenvalue weighted by Crippen LogP contribution is 2.51. The molecule has 0 aliphatic carbocycles. The Labute approximate surface area is 220 Å². The van der Waals surface area contributed by atoms with Crippen LogP contribution in [0.25, 0.3) is 5.76 Å². The first kappa shape index (κ1) is 24.9. The number of para-hydroxylation sites is 1. The van der Waals surface area contributed by atoms with Crippen LogP contribution in [0.1, 0.15) is 33.0 Å². The van der Waals surface area contributed by atoms with Crippen LogP contribution in [0.5, 0.6) is 5.75 Å². The average Bonchev–Trinajstić information content (AvgIpc) is 2.94. The van der Waals surface area contributed by atoms with Gasteiger partial charge in [0.2, 0.25) is 5.88 Å². The molecule has 10 heteroatoms. The van der Waals surface area contributed by atoms with Crippen LogP contribution in [-0.2, 0) is 26.0 Å². The summed E-state index contributed by atoms with van der Waals surface area (Å²) in [5, 5.41) is 10.00. The lowest BCUT2D eigenvalue weighted by molar-refractivity contribution is 0.0600. The van der Waals surface area contributed by atoms with Crippen LogP contribution in [-0.4, -0.2) is 28.6 Å². The molecule has 0 fully saturated rings. The number of sulfonamides is 1. The SMILES string of the molecule is COC(=O)c1ccc([C@H]2C(C#N)=C(N)OC3=C2S(=O)(=O)N(Cc2ccc(OC)cc2)c2ccccc23)cc1. The highest BCUT2D eigenvalue weighted by Gasteiger charge is 2.47. The molecular weight excluding hydrogens is 506 g/mol. The molecule has 2 aliphatic rings. The number of fused-ring (bicyclic) bond motifs is 2. The predicted octanol–water partition coefficient (Wildman–Crippen LogP) is 4.01. The number of benzene rings is 3. The summed E-state index contributed by atoms with van der Waals surface area (Å²) in [4.78, 5) is 11.9. The maximum atomic E-state index is 14.3. The molecule has 2 aliphatic heterocycles. The predicted molar refractivity (Wildman–Crippen MR) is 140 cm³/mol. The van der Waals surface area contributed by atoms with E-state index in [-0.39, 0.29) is 34.2 Å². The van der Waals surface area contributed by atoms with Gasteiger partial charge >= 0.3 is 5.97 Å². The van der Waals surface area contributed by atoms with E-state index in [4.69, 9.17) is 19.9 Å². The topological polar surface area (TPSA) is 132 Å². The van der Waals surface area contributed by atoms with Crippen LogP contribution < -0.4 is 14.8 Å². The molecule has 2 N–H and O–H groups in total. The van der Waals surface area contributed by atoms with Gasteiger partial charge in [-0.2, -0.15) is 5.26 Å². The lowest BCUT2D eigenvalue weighted by Crippen LogP contribution is -2.39. The van der Waals surface area contributed by atoms with Gasteiger partial charge in [-0.3, -0.25) is 4.31 Å². The molecule has 0 saturated carbocycles.